The predicted octanol–water partition coefficient (Wildman–Crippen LogP) is 6.07. The molecule has 0 aromatic rings. The van der Waals surface area contributed by atoms with E-state index in [9.17, 15) is 14.5 Å². The smallest absolute Gasteiger partial charge is 0.229 e. The van der Waals surface area contributed by atoms with Crippen molar-refractivity contribution in [1.82, 2.24) is 4.90 Å². The van der Waals surface area contributed by atoms with Gasteiger partial charge in [0.05, 0.1) is 5.70 Å². The average molecular weight is 425 g/mol. The van der Waals surface area contributed by atoms with Gasteiger partial charge in [-0.05, 0) is 77.7 Å². The van der Waals surface area contributed by atoms with Crippen molar-refractivity contribution in [1.29, 1.82) is 0 Å². The molecule has 0 spiro atoms. The molecule has 2 saturated carbocycles. The number of carbonyl (C=O) groups excluding carboxylic acids is 2. The van der Waals surface area contributed by atoms with Gasteiger partial charge in [0.15, 0.2) is 0 Å². The molecule has 4 rings (SSSR count). The van der Waals surface area contributed by atoms with Crippen molar-refractivity contribution < 1.29 is 9.59 Å². The lowest BCUT2D eigenvalue weighted by molar-refractivity contribution is -0.144. The number of nitroso groups, excluding NO2 is 1. The zero-order valence-electron chi connectivity index (χ0n) is 19.1. The zero-order chi connectivity index (χ0) is 22.0. The van der Waals surface area contributed by atoms with E-state index in [1.165, 1.54) is 11.1 Å². The van der Waals surface area contributed by atoms with E-state index in [0.717, 1.165) is 51.4 Å². The van der Waals surface area contributed by atoms with E-state index in [-0.39, 0.29) is 23.1 Å². The number of likely N-dealkylation sites (tertiary alicyclic amines) is 1. The number of allylic oxidation sites excluding steroid dienone is 5. The van der Waals surface area contributed by atoms with E-state index in [1.54, 1.807) is 4.90 Å². The van der Waals surface area contributed by atoms with Gasteiger partial charge in [-0.15, -0.1) is 4.91 Å². The normalized spacial score (nSPS) is 33.2. The lowest BCUT2D eigenvalue weighted by Gasteiger charge is -2.51. The summed E-state index contributed by atoms with van der Waals surface area (Å²) >= 11 is 0. The van der Waals surface area contributed by atoms with Gasteiger partial charge in [-0.1, -0.05) is 45.3 Å². The first-order valence-corrected chi connectivity index (χ1v) is 12.2. The van der Waals surface area contributed by atoms with Crippen molar-refractivity contribution in [3.05, 3.63) is 40.0 Å². The molecule has 0 radical (unpaired) electrons. The molecule has 1 aliphatic heterocycles. The largest absolute Gasteiger partial charge is 0.283 e. The molecular weight excluding hydrogens is 388 g/mol. The number of hydrogen-bond donors (Lipinski definition) is 0. The molecule has 0 aromatic carbocycles. The van der Waals surface area contributed by atoms with Gasteiger partial charge in [0, 0.05) is 25.8 Å². The van der Waals surface area contributed by atoms with Gasteiger partial charge in [0.2, 0.25) is 11.8 Å². The van der Waals surface area contributed by atoms with Crippen molar-refractivity contribution in [3.63, 3.8) is 0 Å². The lowest BCUT2D eigenvalue weighted by atomic mass is 9.52. The van der Waals surface area contributed by atoms with Crippen molar-refractivity contribution in [2.75, 3.05) is 6.54 Å². The Morgan fingerprint density at radius 3 is 2.74 bits per heavy atom. The first-order chi connectivity index (χ1) is 15.0. The number of unbranched alkanes of at least 4 members (excludes halogenated alkanes) is 3. The fourth-order valence-electron chi connectivity index (χ4n) is 6.62. The summed E-state index contributed by atoms with van der Waals surface area (Å²) in [7, 11) is 0. The molecule has 0 bridgehead atoms. The Morgan fingerprint density at radius 1 is 1.13 bits per heavy atom. The van der Waals surface area contributed by atoms with Gasteiger partial charge in [-0.25, -0.2) is 0 Å². The summed E-state index contributed by atoms with van der Waals surface area (Å²) in [6.45, 7) is 5.00. The fraction of sp³-hybridized carbons (Fsp3) is 0.692. The monoisotopic (exact) mass is 424 g/mol. The van der Waals surface area contributed by atoms with Crippen LogP contribution in [0.3, 0.4) is 0 Å². The van der Waals surface area contributed by atoms with E-state index < -0.39 is 0 Å². The third-order valence-electron chi connectivity index (χ3n) is 8.39. The number of amides is 2. The second-order valence-corrected chi connectivity index (χ2v) is 10.3. The van der Waals surface area contributed by atoms with Crippen molar-refractivity contribution in [3.8, 4) is 0 Å². The van der Waals surface area contributed by atoms with Crippen molar-refractivity contribution in [2.45, 2.75) is 84.5 Å². The highest BCUT2D eigenvalue weighted by atomic mass is 16.3. The topological polar surface area (TPSA) is 66.8 Å². The highest BCUT2D eigenvalue weighted by Crippen LogP contribution is 2.58. The molecule has 3 unspecified atom stereocenters. The Morgan fingerprint density at radius 2 is 1.97 bits per heavy atom. The Hall–Kier alpha value is -2.04. The van der Waals surface area contributed by atoms with Gasteiger partial charge in [0.1, 0.15) is 0 Å². The number of nitrogens with zero attached hydrogens (tertiary/aromatic N) is 2. The summed E-state index contributed by atoms with van der Waals surface area (Å²) in [6.07, 6.45) is 16.2. The molecule has 31 heavy (non-hydrogen) atoms. The fourth-order valence-corrected chi connectivity index (χ4v) is 6.62. The Kier molecular flexibility index (Phi) is 6.59. The maximum Gasteiger partial charge on any atom is 0.229 e. The predicted molar refractivity (Wildman–Crippen MR) is 122 cm³/mol. The van der Waals surface area contributed by atoms with Gasteiger partial charge in [-0.2, -0.15) is 0 Å². The minimum atomic E-state index is -0.0933. The number of imide groups is 1. The molecule has 5 heteroatoms. The van der Waals surface area contributed by atoms with E-state index in [2.05, 4.69) is 31.2 Å². The Bertz CT molecular complexity index is 840. The highest BCUT2D eigenvalue weighted by molar-refractivity contribution is 5.96. The van der Waals surface area contributed by atoms with Crippen LogP contribution in [0, 0.1) is 28.1 Å². The minimum absolute atomic E-state index is 0.0411. The van der Waals surface area contributed by atoms with Crippen LogP contribution in [0.2, 0.25) is 0 Å². The molecule has 4 atom stereocenters. The number of hydrogen-bond acceptors (Lipinski definition) is 4. The average Bonchev–Trinajstić information content (AvgIpc) is 3.02. The first-order valence-electron chi connectivity index (χ1n) is 12.2. The van der Waals surface area contributed by atoms with Crippen molar-refractivity contribution >= 4 is 11.8 Å². The molecule has 0 N–H and O–H groups in total. The third-order valence-corrected chi connectivity index (χ3v) is 8.39. The molecular formula is C26H36N2O3. The summed E-state index contributed by atoms with van der Waals surface area (Å²) in [5, 5.41) is 3.16. The van der Waals surface area contributed by atoms with E-state index in [1.807, 2.05) is 6.08 Å². The second-order valence-electron chi connectivity index (χ2n) is 10.3. The Balaban J connectivity index is 1.56. The standard InChI is InChI=1S/C26H36N2O3/c1-3-4-5-6-15-28-24(29)16-23-22-11-8-18-7-9-19(27-31)10-12-20(18)21(22)13-14-26(23,2)17-25(28)30/h7,10,12,21-23H,3-6,8-9,11,13-17H2,1-2H3/t21?,22?,23?,26-/m1/s1. The van der Waals surface area contributed by atoms with Crippen LogP contribution in [0.4, 0.5) is 0 Å². The summed E-state index contributed by atoms with van der Waals surface area (Å²) in [6, 6.07) is 0. The molecule has 3 fully saturated rings. The molecule has 168 valence electrons. The van der Waals surface area contributed by atoms with E-state index in [4.69, 9.17) is 0 Å². The molecule has 4 aliphatic rings. The van der Waals surface area contributed by atoms with Crippen LogP contribution in [0.25, 0.3) is 0 Å². The maximum absolute atomic E-state index is 13.2. The first kappa shape index (κ1) is 22.2. The summed E-state index contributed by atoms with van der Waals surface area (Å²) < 4.78 is 0. The summed E-state index contributed by atoms with van der Waals surface area (Å²) in [4.78, 5) is 38.9. The lowest BCUT2D eigenvalue weighted by Crippen LogP contribution is -2.44. The summed E-state index contributed by atoms with van der Waals surface area (Å²) in [5.74, 6) is 1.18. The van der Waals surface area contributed by atoms with Crippen molar-refractivity contribution in [2.24, 2.45) is 28.3 Å². The van der Waals surface area contributed by atoms with Crippen LogP contribution >= 0.6 is 0 Å². The second kappa shape index (κ2) is 9.22. The molecule has 0 aromatic heterocycles. The minimum Gasteiger partial charge on any atom is -0.283 e. The summed E-state index contributed by atoms with van der Waals surface area (Å²) in [5.41, 5.74) is 3.19. The van der Waals surface area contributed by atoms with Crippen LogP contribution in [-0.2, 0) is 9.59 Å². The SMILES string of the molecule is CCCCCCN1C(=O)CC2C3CCC4=CCC(N=O)=CC=C4C3CC[C@]2(C)CC1=O. The van der Waals surface area contributed by atoms with Gasteiger partial charge >= 0.3 is 0 Å². The van der Waals surface area contributed by atoms with Crippen LogP contribution in [0.5, 0.6) is 0 Å². The molecule has 2 amide bonds. The Labute approximate surface area is 186 Å². The van der Waals surface area contributed by atoms with E-state index in [0.29, 0.717) is 43.3 Å². The number of rotatable bonds is 6. The van der Waals surface area contributed by atoms with Gasteiger partial charge in [0.25, 0.3) is 0 Å². The van der Waals surface area contributed by atoms with Crippen LogP contribution in [-0.4, -0.2) is 23.3 Å². The molecule has 1 heterocycles. The molecule has 5 nitrogen and oxygen atoms in total. The quantitative estimate of drug-likeness (QED) is 0.295. The third kappa shape index (κ3) is 4.33. The maximum atomic E-state index is 13.2. The number of fused-ring (bicyclic) bond motifs is 5. The molecule has 1 saturated heterocycles. The van der Waals surface area contributed by atoms with Gasteiger partial charge in [-0.3, -0.25) is 14.5 Å². The van der Waals surface area contributed by atoms with Crippen LogP contribution in [0.15, 0.2) is 40.2 Å². The highest BCUT2D eigenvalue weighted by Gasteiger charge is 2.52. The van der Waals surface area contributed by atoms with E-state index >= 15 is 0 Å². The van der Waals surface area contributed by atoms with Crippen LogP contribution < -0.4 is 0 Å². The zero-order valence-corrected chi connectivity index (χ0v) is 19.1. The number of carbonyl (C=O) groups is 2. The molecule has 3 aliphatic carbocycles. The van der Waals surface area contributed by atoms with Crippen LogP contribution in [0.1, 0.15) is 84.5 Å². The van der Waals surface area contributed by atoms with Gasteiger partial charge < -0.3 is 0 Å².